The third kappa shape index (κ3) is 1.34. The largest absolute Gasteiger partial charge is 0.242 e. The van der Waals surface area contributed by atoms with E-state index in [4.69, 9.17) is 0 Å². The summed E-state index contributed by atoms with van der Waals surface area (Å²) in [5, 5.41) is 3.31. The highest BCUT2D eigenvalue weighted by Crippen LogP contribution is 2.38. The molecular weight excluding hydrogens is 190 g/mol. The summed E-state index contributed by atoms with van der Waals surface area (Å²) in [6.45, 7) is 8.75. The van der Waals surface area contributed by atoms with Gasteiger partial charge in [0.2, 0.25) is 0 Å². The van der Waals surface area contributed by atoms with Crippen LogP contribution in [0.4, 0.5) is 0 Å². The number of hydrogen-bond donors (Lipinski definition) is 0. The molecule has 0 saturated carbocycles. The number of aromatic nitrogens is 1. The van der Waals surface area contributed by atoms with Gasteiger partial charge in [0.15, 0.2) is 0 Å². The Hall–Kier alpha value is -0.890. The molecule has 0 spiro atoms. The minimum atomic E-state index is 0.563. The molecule has 0 atom stereocenters. The standard InChI is InChI=1S/C12H15NS/c1-7(2)10-9(4)13-12-11(10)8(3)5-6-14-12/h5-7H,1-4H3. The first-order valence-corrected chi connectivity index (χ1v) is 5.83. The highest BCUT2D eigenvalue weighted by Gasteiger charge is 2.19. The molecule has 2 aliphatic heterocycles. The summed E-state index contributed by atoms with van der Waals surface area (Å²) in [4.78, 5) is 4.61. The maximum atomic E-state index is 4.61. The monoisotopic (exact) mass is 205 g/mol. The molecule has 14 heavy (non-hydrogen) atoms. The van der Waals surface area contributed by atoms with Crippen molar-refractivity contribution in [2.24, 2.45) is 0 Å². The lowest BCUT2D eigenvalue weighted by atomic mass is 9.97. The highest BCUT2D eigenvalue weighted by atomic mass is 32.1. The molecule has 0 aliphatic carbocycles. The van der Waals surface area contributed by atoms with Crippen LogP contribution in [0.3, 0.4) is 0 Å². The van der Waals surface area contributed by atoms with Crippen molar-refractivity contribution in [1.82, 2.24) is 4.98 Å². The Bertz CT molecular complexity index is 428. The van der Waals surface area contributed by atoms with E-state index < -0.39 is 0 Å². The third-order valence-corrected chi connectivity index (χ3v) is 3.40. The van der Waals surface area contributed by atoms with Crippen LogP contribution in [0.15, 0.2) is 11.4 Å². The molecule has 0 N–H and O–H groups in total. The van der Waals surface area contributed by atoms with E-state index in [0.717, 1.165) is 0 Å². The van der Waals surface area contributed by atoms with Gasteiger partial charge in [0.1, 0.15) is 5.01 Å². The van der Waals surface area contributed by atoms with Crippen LogP contribution >= 0.6 is 11.3 Å². The van der Waals surface area contributed by atoms with Crippen LogP contribution in [-0.2, 0) is 0 Å². The summed E-state index contributed by atoms with van der Waals surface area (Å²) in [5.41, 5.74) is 5.35. The van der Waals surface area contributed by atoms with Crippen LogP contribution in [-0.4, -0.2) is 4.98 Å². The molecule has 0 unspecified atom stereocenters. The van der Waals surface area contributed by atoms with Gasteiger partial charge < -0.3 is 0 Å². The van der Waals surface area contributed by atoms with Crippen molar-refractivity contribution < 1.29 is 0 Å². The van der Waals surface area contributed by atoms with E-state index in [1.54, 1.807) is 11.3 Å². The lowest BCUT2D eigenvalue weighted by Gasteiger charge is -2.08. The lowest BCUT2D eigenvalue weighted by Crippen LogP contribution is -1.91. The number of fused-ring (bicyclic) bond motifs is 1. The van der Waals surface area contributed by atoms with Gasteiger partial charge >= 0.3 is 0 Å². The van der Waals surface area contributed by atoms with Gasteiger partial charge in [-0.15, -0.1) is 11.3 Å². The summed E-state index contributed by atoms with van der Waals surface area (Å²) < 4.78 is 0. The van der Waals surface area contributed by atoms with Crippen molar-refractivity contribution >= 4 is 11.3 Å². The smallest absolute Gasteiger partial charge is 0.124 e. The van der Waals surface area contributed by atoms with Gasteiger partial charge in [-0.2, -0.15) is 0 Å². The predicted molar refractivity (Wildman–Crippen MR) is 62.3 cm³/mol. The van der Waals surface area contributed by atoms with E-state index >= 15 is 0 Å². The fourth-order valence-electron chi connectivity index (χ4n) is 2.02. The zero-order valence-electron chi connectivity index (χ0n) is 9.09. The van der Waals surface area contributed by atoms with E-state index in [-0.39, 0.29) is 0 Å². The second kappa shape index (κ2) is 3.35. The fraction of sp³-hybridized carbons (Fsp3) is 0.417. The van der Waals surface area contributed by atoms with Gasteiger partial charge in [-0.05, 0) is 42.3 Å². The fourth-order valence-corrected chi connectivity index (χ4v) is 3.00. The second-order valence-corrected chi connectivity index (χ2v) is 4.94. The van der Waals surface area contributed by atoms with Gasteiger partial charge in [0.25, 0.3) is 0 Å². The first-order valence-electron chi connectivity index (χ1n) is 4.95. The Balaban J connectivity index is 2.77. The molecule has 2 rings (SSSR count). The quantitative estimate of drug-likeness (QED) is 0.686. The van der Waals surface area contributed by atoms with Gasteiger partial charge in [-0.1, -0.05) is 13.8 Å². The molecule has 74 valence electrons. The van der Waals surface area contributed by atoms with Crippen LogP contribution in [0.1, 0.15) is 36.6 Å². The molecule has 0 fully saturated rings. The first-order chi connectivity index (χ1) is 6.61. The van der Waals surface area contributed by atoms with E-state index in [1.165, 1.54) is 27.4 Å². The molecule has 0 aromatic heterocycles. The molecule has 2 heteroatoms. The van der Waals surface area contributed by atoms with E-state index in [0.29, 0.717) is 5.92 Å². The number of hydrogen-bond acceptors (Lipinski definition) is 2. The average Bonchev–Trinajstić information content (AvgIpc) is 2.42. The molecular formula is C12H15NS. The van der Waals surface area contributed by atoms with Crippen molar-refractivity contribution in [1.29, 1.82) is 0 Å². The summed E-state index contributed by atoms with van der Waals surface area (Å²) in [6, 6.07) is 2.18. The van der Waals surface area contributed by atoms with Gasteiger partial charge in [0, 0.05) is 11.3 Å². The average molecular weight is 205 g/mol. The molecule has 0 amide bonds. The van der Waals surface area contributed by atoms with Crippen molar-refractivity contribution in [3.05, 3.63) is 28.3 Å². The van der Waals surface area contributed by atoms with Crippen molar-refractivity contribution in [3.63, 3.8) is 0 Å². The van der Waals surface area contributed by atoms with Crippen LogP contribution < -0.4 is 0 Å². The van der Waals surface area contributed by atoms with Crippen LogP contribution in [0, 0.1) is 13.8 Å². The normalized spacial score (nSPS) is 11.5. The van der Waals surface area contributed by atoms with Crippen molar-refractivity contribution in [2.45, 2.75) is 33.6 Å². The van der Waals surface area contributed by atoms with Gasteiger partial charge in [-0.25, -0.2) is 4.98 Å². The maximum Gasteiger partial charge on any atom is 0.124 e. The predicted octanol–water partition coefficient (Wildman–Crippen LogP) is 3.99. The van der Waals surface area contributed by atoms with Crippen molar-refractivity contribution in [3.8, 4) is 10.6 Å². The minimum Gasteiger partial charge on any atom is -0.242 e. The Morgan fingerprint density at radius 2 is 2.00 bits per heavy atom. The zero-order valence-corrected chi connectivity index (χ0v) is 9.90. The van der Waals surface area contributed by atoms with Crippen LogP contribution in [0.5, 0.6) is 0 Å². The first kappa shape index (κ1) is 9.66. The Morgan fingerprint density at radius 1 is 1.29 bits per heavy atom. The molecule has 0 radical (unpaired) electrons. The minimum absolute atomic E-state index is 0.563. The maximum absolute atomic E-state index is 4.61. The summed E-state index contributed by atoms with van der Waals surface area (Å²) in [7, 11) is 0. The summed E-state index contributed by atoms with van der Waals surface area (Å²) in [6.07, 6.45) is 0. The van der Waals surface area contributed by atoms with E-state index in [2.05, 4.69) is 44.1 Å². The molecule has 0 saturated heterocycles. The van der Waals surface area contributed by atoms with Crippen molar-refractivity contribution in [2.75, 3.05) is 0 Å². The third-order valence-electron chi connectivity index (χ3n) is 2.61. The molecule has 2 heterocycles. The number of aryl methyl sites for hydroxylation is 2. The molecule has 0 aromatic rings. The Kier molecular flexibility index (Phi) is 2.31. The van der Waals surface area contributed by atoms with Gasteiger partial charge in [0.05, 0.1) is 0 Å². The molecule has 1 nitrogen and oxygen atoms in total. The van der Waals surface area contributed by atoms with Crippen LogP contribution in [0.2, 0.25) is 0 Å². The number of rotatable bonds is 1. The summed E-state index contributed by atoms with van der Waals surface area (Å²) >= 11 is 1.73. The second-order valence-electron chi connectivity index (χ2n) is 4.05. The number of nitrogens with zero attached hydrogens (tertiary/aromatic N) is 1. The Morgan fingerprint density at radius 3 is 2.64 bits per heavy atom. The molecule has 0 aromatic carbocycles. The highest BCUT2D eigenvalue weighted by molar-refractivity contribution is 7.13. The van der Waals surface area contributed by atoms with Crippen LogP contribution in [0.25, 0.3) is 10.6 Å². The van der Waals surface area contributed by atoms with E-state index in [9.17, 15) is 0 Å². The SMILES string of the molecule is Cc1ccsc2nc(C)c(C(C)C)c1-2. The molecule has 0 bridgehead atoms. The Labute approximate surface area is 89.2 Å². The zero-order chi connectivity index (χ0) is 10.3. The van der Waals surface area contributed by atoms with E-state index in [1.807, 2.05) is 0 Å². The van der Waals surface area contributed by atoms with Gasteiger partial charge in [-0.3, -0.25) is 0 Å². The summed E-state index contributed by atoms with van der Waals surface area (Å²) in [5.74, 6) is 0.563. The lowest BCUT2D eigenvalue weighted by molar-refractivity contribution is 0.859. The topological polar surface area (TPSA) is 12.9 Å². The molecule has 2 aliphatic rings.